The summed E-state index contributed by atoms with van der Waals surface area (Å²) in [5.41, 5.74) is 3.92. The maximum atomic E-state index is 6.19. The van der Waals surface area contributed by atoms with Gasteiger partial charge in [-0.3, -0.25) is 0 Å². The molecule has 0 radical (unpaired) electrons. The number of anilines is 1. The minimum atomic E-state index is 0.612. The molecular weight excluding hydrogens is 296 g/mol. The number of benzene rings is 2. The van der Waals surface area contributed by atoms with Crippen molar-refractivity contribution in [1.82, 2.24) is 15.0 Å². The zero-order valence-corrected chi connectivity index (χ0v) is 12.4. The van der Waals surface area contributed by atoms with Gasteiger partial charge in [0, 0.05) is 22.5 Å². The third-order valence-corrected chi connectivity index (χ3v) is 4.06. The Morgan fingerprint density at radius 3 is 2.73 bits per heavy atom. The Balaban J connectivity index is 1.74. The zero-order valence-electron chi connectivity index (χ0n) is 11.7. The molecule has 0 bridgehead atoms. The lowest BCUT2D eigenvalue weighted by molar-refractivity contribution is 1.10. The highest BCUT2D eigenvalue weighted by Gasteiger charge is 2.10. The third kappa shape index (κ3) is 2.18. The summed E-state index contributed by atoms with van der Waals surface area (Å²) in [7, 11) is 0. The fourth-order valence-corrected chi connectivity index (χ4v) is 2.80. The highest BCUT2D eigenvalue weighted by molar-refractivity contribution is 6.31. The standard InChI is InChI=1S/C17H13ClN4/c18-13-7-3-1-5-11(13)9-19-17-16-15(20-10-21-17)12-6-2-4-8-14(12)22-16/h1-8,10,22H,9H2,(H,19,20,21). The topological polar surface area (TPSA) is 53.6 Å². The molecule has 0 saturated heterocycles. The number of fused-ring (bicyclic) bond motifs is 3. The molecule has 5 heteroatoms. The molecule has 4 nitrogen and oxygen atoms in total. The highest BCUT2D eigenvalue weighted by atomic mass is 35.5. The lowest BCUT2D eigenvalue weighted by Gasteiger charge is -2.07. The first-order valence-electron chi connectivity index (χ1n) is 7.01. The molecule has 108 valence electrons. The maximum Gasteiger partial charge on any atom is 0.154 e. The summed E-state index contributed by atoms with van der Waals surface area (Å²) in [4.78, 5) is 12.1. The SMILES string of the molecule is Clc1ccccc1CNc1ncnc2c1[nH]c1ccccc12. The first kappa shape index (κ1) is 13.1. The smallest absolute Gasteiger partial charge is 0.154 e. The number of nitrogens with zero attached hydrogens (tertiary/aromatic N) is 2. The number of aromatic nitrogens is 3. The van der Waals surface area contributed by atoms with Crippen LogP contribution in [0.5, 0.6) is 0 Å². The van der Waals surface area contributed by atoms with Crippen molar-refractivity contribution in [3.05, 3.63) is 65.4 Å². The third-order valence-electron chi connectivity index (χ3n) is 3.69. The van der Waals surface area contributed by atoms with E-state index in [1.54, 1.807) is 6.33 Å². The average Bonchev–Trinajstić information content (AvgIpc) is 2.93. The number of aromatic amines is 1. The maximum absolute atomic E-state index is 6.19. The summed E-state index contributed by atoms with van der Waals surface area (Å²) in [6.07, 6.45) is 1.58. The van der Waals surface area contributed by atoms with Gasteiger partial charge in [-0.05, 0) is 17.7 Å². The van der Waals surface area contributed by atoms with Gasteiger partial charge in [0.25, 0.3) is 0 Å². The molecule has 2 aromatic carbocycles. The molecule has 0 unspecified atom stereocenters. The lowest BCUT2D eigenvalue weighted by Crippen LogP contribution is -2.02. The molecule has 0 aliphatic heterocycles. The molecule has 0 fully saturated rings. The van der Waals surface area contributed by atoms with Gasteiger partial charge < -0.3 is 10.3 Å². The van der Waals surface area contributed by atoms with E-state index in [1.165, 1.54) is 0 Å². The van der Waals surface area contributed by atoms with Gasteiger partial charge in [-0.2, -0.15) is 0 Å². The van der Waals surface area contributed by atoms with Crippen molar-refractivity contribution in [2.75, 3.05) is 5.32 Å². The largest absolute Gasteiger partial charge is 0.364 e. The van der Waals surface area contributed by atoms with Crippen LogP contribution in [-0.2, 0) is 6.54 Å². The van der Waals surface area contributed by atoms with Crippen molar-refractivity contribution in [3.8, 4) is 0 Å². The first-order valence-corrected chi connectivity index (χ1v) is 7.39. The van der Waals surface area contributed by atoms with Gasteiger partial charge in [0.15, 0.2) is 5.82 Å². The fraction of sp³-hybridized carbons (Fsp3) is 0.0588. The van der Waals surface area contributed by atoms with Crippen molar-refractivity contribution in [2.45, 2.75) is 6.54 Å². The van der Waals surface area contributed by atoms with E-state index in [2.05, 4.69) is 26.3 Å². The van der Waals surface area contributed by atoms with Crippen LogP contribution >= 0.6 is 11.6 Å². The summed E-state index contributed by atoms with van der Waals surface area (Å²) in [5.74, 6) is 0.779. The number of rotatable bonds is 3. The Morgan fingerprint density at radius 1 is 1.00 bits per heavy atom. The minimum absolute atomic E-state index is 0.612. The lowest BCUT2D eigenvalue weighted by atomic mass is 10.2. The van der Waals surface area contributed by atoms with Gasteiger partial charge in [-0.25, -0.2) is 9.97 Å². The van der Waals surface area contributed by atoms with E-state index in [0.29, 0.717) is 6.54 Å². The van der Waals surface area contributed by atoms with Gasteiger partial charge in [0.05, 0.1) is 0 Å². The quantitative estimate of drug-likeness (QED) is 0.590. The van der Waals surface area contributed by atoms with E-state index in [0.717, 1.165) is 38.3 Å². The number of hydrogen-bond donors (Lipinski definition) is 2. The number of H-pyrrole nitrogens is 1. The van der Waals surface area contributed by atoms with Crippen molar-refractivity contribution < 1.29 is 0 Å². The van der Waals surface area contributed by atoms with Crippen LogP contribution in [0.25, 0.3) is 21.9 Å². The van der Waals surface area contributed by atoms with E-state index >= 15 is 0 Å². The molecule has 0 aliphatic carbocycles. The van der Waals surface area contributed by atoms with Crippen LogP contribution in [0.4, 0.5) is 5.82 Å². The van der Waals surface area contributed by atoms with E-state index in [4.69, 9.17) is 11.6 Å². The number of nitrogens with one attached hydrogen (secondary N) is 2. The predicted molar refractivity (Wildman–Crippen MR) is 90.2 cm³/mol. The van der Waals surface area contributed by atoms with Gasteiger partial charge >= 0.3 is 0 Å². The van der Waals surface area contributed by atoms with Gasteiger partial charge in [-0.15, -0.1) is 0 Å². The fourth-order valence-electron chi connectivity index (χ4n) is 2.60. The number of halogens is 1. The number of hydrogen-bond acceptors (Lipinski definition) is 3. The van der Waals surface area contributed by atoms with Gasteiger partial charge in [0.2, 0.25) is 0 Å². The Kier molecular flexibility index (Phi) is 3.16. The second-order valence-corrected chi connectivity index (χ2v) is 5.47. The van der Waals surface area contributed by atoms with Gasteiger partial charge in [-0.1, -0.05) is 48.0 Å². The molecule has 2 heterocycles. The van der Waals surface area contributed by atoms with Crippen molar-refractivity contribution in [2.24, 2.45) is 0 Å². The summed E-state index contributed by atoms with van der Waals surface area (Å²) < 4.78 is 0. The Labute approximate surface area is 132 Å². The minimum Gasteiger partial charge on any atom is -0.364 e. The molecule has 0 aliphatic rings. The second kappa shape index (κ2) is 5.31. The van der Waals surface area contributed by atoms with Crippen LogP contribution in [0.15, 0.2) is 54.9 Å². The van der Waals surface area contributed by atoms with Crippen molar-refractivity contribution in [1.29, 1.82) is 0 Å². The van der Waals surface area contributed by atoms with E-state index in [-0.39, 0.29) is 0 Å². The second-order valence-electron chi connectivity index (χ2n) is 5.06. The summed E-state index contributed by atoms with van der Waals surface area (Å²) in [6, 6.07) is 15.9. The normalized spacial score (nSPS) is 11.1. The van der Waals surface area contributed by atoms with Crippen LogP contribution in [0.2, 0.25) is 5.02 Å². The summed E-state index contributed by atoms with van der Waals surface area (Å²) in [6.45, 7) is 0.612. The summed E-state index contributed by atoms with van der Waals surface area (Å²) >= 11 is 6.19. The predicted octanol–water partition coefficient (Wildman–Crippen LogP) is 4.38. The Hall–Kier alpha value is -2.59. The van der Waals surface area contributed by atoms with Crippen LogP contribution in [0.1, 0.15) is 5.56 Å². The molecule has 4 rings (SSSR count). The molecule has 0 atom stereocenters. The zero-order chi connectivity index (χ0) is 14.9. The van der Waals surface area contributed by atoms with Crippen LogP contribution in [0.3, 0.4) is 0 Å². The van der Waals surface area contributed by atoms with E-state index in [9.17, 15) is 0 Å². The van der Waals surface area contributed by atoms with Crippen LogP contribution < -0.4 is 5.32 Å². The molecule has 2 N–H and O–H groups in total. The molecule has 4 aromatic rings. The van der Waals surface area contributed by atoms with Crippen LogP contribution in [0, 0.1) is 0 Å². The molecular formula is C17H13ClN4. The first-order chi connectivity index (χ1) is 10.8. The van der Waals surface area contributed by atoms with Gasteiger partial charge in [0.1, 0.15) is 17.4 Å². The van der Waals surface area contributed by atoms with Crippen molar-refractivity contribution >= 4 is 39.4 Å². The molecule has 0 amide bonds. The van der Waals surface area contributed by atoms with E-state index < -0.39 is 0 Å². The Morgan fingerprint density at radius 2 is 1.82 bits per heavy atom. The van der Waals surface area contributed by atoms with Crippen molar-refractivity contribution in [3.63, 3.8) is 0 Å². The van der Waals surface area contributed by atoms with E-state index in [1.807, 2.05) is 42.5 Å². The monoisotopic (exact) mass is 308 g/mol. The summed E-state index contributed by atoms with van der Waals surface area (Å²) in [5, 5.41) is 5.18. The average molecular weight is 309 g/mol. The molecule has 0 saturated carbocycles. The van der Waals surface area contributed by atoms with Crippen LogP contribution in [-0.4, -0.2) is 15.0 Å². The Bertz CT molecular complexity index is 961. The molecule has 2 aromatic heterocycles. The molecule has 0 spiro atoms. The number of para-hydroxylation sites is 1. The molecule has 22 heavy (non-hydrogen) atoms. The highest BCUT2D eigenvalue weighted by Crippen LogP contribution is 2.27.